The van der Waals surface area contributed by atoms with Crippen LogP contribution in [0.5, 0.6) is 0 Å². The molecule has 0 spiro atoms. The number of nitrogens with one attached hydrogen (secondary N) is 2. The molecular weight excluding hydrogens is 252 g/mol. The Morgan fingerprint density at radius 3 is 2.60 bits per heavy atom. The van der Waals surface area contributed by atoms with Crippen LogP contribution in [0.4, 0.5) is 10.6 Å². The van der Waals surface area contributed by atoms with E-state index in [1.54, 1.807) is 19.4 Å². The topological polar surface area (TPSA) is 66.9 Å². The number of carbonyl (C=O) groups excluding carboxylic acids is 1. The molecule has 104 valence electrons. The molecule has 0 aliphatic heterocycles. The number of amides is 2. The normalized spacial score (nSPS) is 10.1. The van der Waals surface area contributed by atoms with Gasteiger partial charge < -0.3 is 5.32 Å². The molecule has 5 heteroatoms. The minimum Gasteiger partial charge on any atom is -0.341 e. The van der Waals surface area contributed by atoms with Crippen molar-refractivity contribution in [2.45, 2.75) is 19.8 Å². The summed E-state index contributed by atoms with van der Waals surface area (Å²) < 4.78 is 0. The van der Waals surface area contributed by atoms with Gasteiger partial charge in [0.2, 0.25) is 0 Å². The number of nitrogens with zero attached hydrogens (tertiary/aromatic N) is 2. The molecule has 5 nitrogen and oxygen atoms in total. The van der Waals surface area contributed by atoms with E-state index in [2.05, 4.69) is 27.5 Å². The Kier molecular flexibility index (Phi) is 4.65. The summed E-state index contributed by atoms with van der Waals surface area (Å²) in [6.45, 7) is 2.11. The third-order valence-electron chi connectivity index (χ3n) is 2.92. The van der Waals surface area contributed by atoms with Crippen LogP contribution in [-0.2, 0) is 6.42 Å². The summed E-state index contributed by atoms with van der Waals surface area (Å²) in [5.41, 5.74) is 3.15. The van der Waals surface area contributed by atoms with Gasteiger partial charge in [-0.1, -0.05) is 13.3 Å². The molecule has 2 rings (SSSR count). The summed E-state index contributed by atoms with van der Waals surface area (Å²) in [5.74, 6) is 0.561. The van der Waals surface area contributed by atoms with E-state index in [0.717, 1.165) is 29.7 Å². The van der Waals surface area contributed by atoms with E-state index in [4.69, 9.17) is 0 Å². The molecule has 2 N–H and O–H groups in total. The number of hydrogen-bond acceptors (Lipinski definition) is 3. The van der Waals surface area contributed by atoms with Gasteiger partial charge in [0, 0.05) is 25.0 Å². The number of anilines is 1. The lowest BCUT2D eigenvalue weighted by Crippen LogP contribution is -2.25. The highest BCUT2D eigenvalue weighted by Crippen LogP contribution is 2.24. The molecule has 0 atom stereocenters. The van der Waals surface area contributed by atoms with E-state index in [1.807, 2.05) is 24.3 Å². The second-order valence-corrected chi connectivity index (χ2v) is 4.38. The van der Waals surface area contributed by atoms with Crippen molar-refractivity contribution in [3.05, 3.63) is 42.4 Å². The predicted octanol–water partition coefficient (Wildman–Crippen LogP) is 2.85. The molecule has 2 aromatic heterocycles. The zero-order valence-corrected chi connectivity index (χ0v) is 11.7. The number of pyridine rings is 2. The summed E-state index contributed by atoms with van der Waals surface area (Å²) in [6.07, 6.45) is 5.39. The number of hydrogen-bond donors (Lipinski definition) is 2. The van der Waals surface area contributed by atoms with Gasteiger partial charge in [0.05, 0.1) is 5.69 Å². The molecule has 0 aliphatic carbocycles. The standard InChI is InChI=1S/C15H18N4O/c1-3-4-13-12(11-7-9-17-10-8-11)5-6-14(18-13)19-15(20)16-2/h5-10H,3-4H2,1-2H3,(H2,16,18,19,20). The van der Waals surface area contributed by atoms with Gasteiger partial charge in [-0.15, -0.1) is 0 Å². The summed E-state index contributed by atoms with van der Waals surface area (Å²) in [4.78, 5) is 19.9. The molecule has 2 amide bonds. The van der Waals surface area contributed by atoms with E-state index in [9.17, 15) is 4.79 Å². The number of rotatable bonds is 4. The second kappa shape index (κ2) is 6.65. The highest BCUT2D eigenvalue weighted by molar-refractivity contribution is 5.88. The van der Waals surface area contributed by atoms with E-state index >= 15 is 0 Å². The molecule has 2 heterocycles. The molecule has 0 radical (unpaired) electrons. The Morgan fingerprint density at radius 1 is 1.20 bits per heavy atom. The van der Waals surface area contributed by atoms with Crippen molar-refractivity contribution in [1.29, 1.82) is 0 Å². The smallest absolute Gasteiger partial charge is 0.320 e. The first-order chi connectivity index (χ1) is 9.74. The summed E-state index contributed by atoms with van der Waals surface area (Å²) in [7, 11) is 1.58. The number of aromatic nitrogens is 2. The molecule has 0 aromatic carbocycles. The maximum Gasteiger partial charge on any atom is 0.320 e. The van der Waals surface area contributed by atoms with Crippen LogP contribution in [0.25, 0.3) is 11.1 Å². The van der Waals surface area contributed by atoms with Gasteiger partial charge in [0.1, 0.15) is 5.82 Å². The minimum atomic E-state index is -0.267. The van der Waals surface area contributed by atoms with E-state index in [1.165, 1.54) is 0 Å². The average Bonchev–Trinajstić information content (AvgIpc) is 2.48. The predicted molar refractivity (Wildman–Crippen MR) is 79.5 cm³/mol. The van der Waals surface area contributed by atoms with Crippen LogP contribution in [0.1, 0.15) is 19.0 Å². The fourth-order valence-electron chi connectivity index (χ4n) is 1.97. The summed E-state index contributed by atoms with van der Waals surface area (Å²) >= 11 is 0. The molecule has 0 unspecified atom stereocenters. The summed E-state index contributed by atoms with van der Waals surface area (Å²) in [6, 6.07) is 7.45. The van der Waals surface area contributed by atoms with Crippen LogP contribution in [-0.4, -0.2) is 23.0 Å². The molecule has 0 bridgehead atoms. The van der Waals surface area contributed by atoms with Crippen LogP contribution in [0, 0.1) is 0 Å². The van der Waals surface area contributed by atoms with Gasteiger partial charge in [0.15, 0.2) is 0 Å². The molecule has 0 saturated heterocycles. The van der Waals surface area contributed by atoms with E-state index in [-0.39, 0.29) is 6.03 Å². The molecule has 0 saturated carbocycles. The van der Waals surface area contributed by atoms with Gasteiger partial charge >= 0.3 is 6.03 Å². The number of aryl methyl sites for hydroxylation is 1. The van der Waals surface area contributed by atoms with E-state index < -0.39 is 0 Å². The maximum atomic E-state index is 11.3. The SMILES string of the molecule is CCCc1nc(NC(=O)NC)ccc1-c1ccncc1. The lowest BCUT2D eigenvalue weighted by atomic mass is 10.0. The van der Waals surface area contributed by atoms with Gasteiger partial charge in [-0.2, -0.15) is 0 Å². The summed E-state index contributed by atoms with van der Waals surface area (Å²) in [5, 5.41) is 5.21. The van der Waals surface area contributed by atoms with Crippen LogP contribution < -0.4 is 10.6 Å². The molecular formula is C15H18N4O. The van der Waals surface area contributed by atoms with E-state index in [0.29, 0.717) is 5.82 Å². The van der Waals surface area contributed by atoms with Crippen molar-refractivity contribution in [1.82, 2.24) is 15.3 Å². The van der Waals surface area contributed by atoms with Crippen molar-refractivity contribution in [3.63, 3.8) is 0 Å². The van der Waals surface area contributed by atoms with Crippen LogP contribution in [0.15, 0.2) is 36.7 Å². The van der Waals surface area contributed by atoms with Crippen molar-refractivity contribution in [3.8, 4) is 11.1 Å². The highest BCUT2D eigenvalue weighted by atomic mass is 16.2. The zero-order chi connectivity index (χ0) is 14.4. The molecule has 0 aliphatic rings. The monoisotopic (exact) mass is 270 g/mol. The first kappa shape index (κ1) is 14.0. The third kappa shape index (κ3) is 3.32. The van der Waals surface area contributed by atoms with Crippen molar-refractivity contribution < 1.29 is 4.79 Å². The Bertz CT molecular complexity index is 584. The third-order valence-corrected chi connectivity index (χ3v) is 2.92. The largest absolute Gasteiger partial charge is 0.341 e. The van der Waals surface area contributed by atoms with Crippen molar-refractivity contribution >= 4 is 11.8 Å². The Morgan fingerprint density at radius 2 is 1.95 bits per heavy atom. The molecule has 2 aromatic rings. The number of urea groups is 1. The Hall–Kier alpha value is -2.43. The molecule has 0 fully saturated rings. The lowest BCUT2D eigenvalue weighted by Gasteiger charge is -2.11. The van der Waals surface area contributed by atoms with Crippen molar-refractivity contribution in [2.75, 3.05) is 12.4 Å². The van der Waals surface area contributed by atoms with Crippen LogP contribution >= 0.6 is 0 Å². The lowest BCUT2D eigenvalue weighted by molar-refractivity contribution is 0.254. The van der Waals surface area contributed by atoms with Crippen LogP contribution in [0.3, 0.4) is 0 Å². The van der Waals surface area contributed by atoms with Gasteiger partial charge in [0.25, 0.3) is 0 Å². The van der Waals surface area contributed by atoms with Crippen molar-refractivity contribution in [2.24, 2.45) is 0 Å². The maximum absolute atomic E-state index is 11.3. The Labute approximate surface area is 118 Å². The fourth-order valence-corrected chi connectivity index (χ4v) is 1.97. The highest BCUT2D eigenvalue weighted by Gasteiger charge is 2.08. The second-order valence-electron chi connectivity index (χ2n) is 4.38. The zero-order valence-electron chi connectivity index (χ0n) is 11.7. The number of carbonyl (C=O) groups is 1. The first-order valence-electron chi connectivity index (χ1n) is 6.63. The fraction of sp³-hybridized carbons (Fsp3) is 0.267. The van der Waals surface area contributed by atoms with Gasteiger partial charge in [-0.25, -0.2) is 9.78 Å². The Balaban J connectivity index is 2.35. The quantitative estimate of drug-likeness (QED) is 0.897. The minimum absolute atomic E-state index is 0.267. The molecule has 20 heavy (non-hydrogen) atoms. The van der Waals surface area contributed by atoms with Crippen LogP contribution in [0.2, 0.25) is 0 Å². The first-order valence-corrected chi connectivity index (χ1v) is 6.63. The van der Waals surface area contributed by atoms with Gasteiger partial charge in [-0.05, 0) is 36.2 Å². The average molecular weight is 270 g/mol. The van der Waals surface area contributed by atoms with Gasteiger partial charge in [-0.3, -0.25) is 10.3 Å².